The van der Waals surface area contributed by atoms with Gasteiger partial charge in [0.15, 0.2) is 17.4 Å². The number of aliphatic imine (C=N–C) groups is 1. The van der Waals surface area contributed by atoms with Gasteiger partial charge in [0.25, 0.3) is 0 Å². The number of nitrogens with zero attached hydrogens (tertiary/aromatic N) is 1. The van der Waals surface area contributed by atoms with E-state index in [4.69, 9.17) is 4.74 Å². The molecule has 2 rings (SSSR count). The first kappa shape index (κ1) is 27.5. The van der Waals surface area contributed by atoms with Gasteiger partial charge in [-0.2, -0.15) is 0 Å². The van der Waals surface area contributed by atoms with Gasteiger partial charge in [-0.15, -0.1) is 0 Å². The van der Waals surface area contributed by atoms with Crippen LogP contribution in [0.1, 0.15) is 56.8 Å². The van der Waals surface area contributed by atoms with Gasteiger partial charge in [-0.1, -0.05) is 36.8 Å². The molecular weight excluding hydrogens is 440 g/mol. The first-order valence-electron chi connectivity index (χ1n) is 11.4. The van der Waals surface area contributed by atoms with Gasteiger partial charge < -0.3 is 14.9 Å². The number of ketones is 1. The molecule has 1 aromatic carbocycles. The molecule has 34 heavy (non-hydrogen) atoms. The SMILES string of the molecule is C=C\C=C/N=C(C)\C(\C=C/C)=C(/C)CCCC[C@@H]1O[C@H](C(=O)c2ccc(F)c(F)c2)[C@@H](O)[C@H]1O. The van der Waals surface area contributed by atoms with Gasteiger partial charge in [0.1, 0.15) is 18.3 Å². The van der Waals surface area contributed by atoms with E-state index in [2.05, 4.69) is 11.6 Å². The Labute approximate surface area is 199 Å². The van der Waals surface area contributed by atoms with Crippen LogP contribution in [0.25, 0.3) is 0 Å². The van der Waals surface area contributed by atoms with E-state index < -0.39 is 41.8 Å². The van der Waals surface area contributed by atoms with E-state index in [1.54, 1.807) is 18.4 Å². The highest BCUT2D eigenvalue weighted by Crippen LogP contribution is 2.28. The molecule has 7 heteroatoms. The summed E-state index contributed by atoms with van der Waals surface area (Å²) in [6.07, 6.45) is 7.15. The van der Waals surface area contributed by atoms with E-state index in [0.29, 0.717) is 12.8 Å². The van der Waals surface area contributed by atoms with Gasteiger partial charge in [0.2, 0.25) is 0 Å². The summed E-state index contributed by atoms with van der Waals surface area (Å²) in [5.74, 6) is -2.92. The van der Waals surface area contributed by atoms with Gasteiger partial charge in [-0.25, -0.2) is 8.78 Å². The van der Waals surface area contributed by atoms with Crippen LogP contribution in [0.5, 0.6) is 0 Å². The van der Waals surface area contributed by atoms with E-state index in [9.17, 15) is 23.8 Å². The van der Waals surface area contributed by atoms with Crippen LogP contribution in [0, 0.1) is 11.6 Å². The molecule has 0 amide bonds. The number of rotatable bonds is 11. The Morgan fingerprint density at radius 2 is 1.91 bits per heavy atom. The zero-order valence-corrected chi connectivity index (χ0v) is 19.9. The van der Waals surface area contributed by atoms with Crippen molar-refractivity contribution < 1.29 is 28.5 Å². The quantitative estimate of drug-likeness (QED) is 0.199. The number of aliphatic hydroxyl groups is 2. The lowest BCUT2D eigenvalue weighted by Crippen LogP contribution is -2.36. The third-order valence-corrected chi connectivity index (χ3v) is 5.79. The number of hydrogen-bond donors (Lipinski definition) is 2. The minimum Gasteiger partial charge on any atom is -0.388 e. The molecule has 5 nitrogen and oxygen atoms in total. The minimum absolute atomic E-state index is 0.118. The van der Waals surface area contributed by atoms with Gasteiger partial charge in [0, 0.05) is 17.5 Å². The summed E-state index contributed by atoms with van der Waals surface area (Å²) in [7, 11) is 0. The molecule has 1 aliphatic heterocycles. The van der Waals surface area contributed by atoms with Crippen LogP contribution < -0.4 is 0 Å². The third-order valence-electron chi connectivity index (χ3n) is 5.79. The highest BCUT2D eigenvalue weighted by Gasteiger charge is 2.46. The number of aliphatic hydroxyl groups excluding tert-OH is 2. The normalized spacial score (nSPS) is 24.1. The zero-order valence-electron chi connectivity index (χ0n) is 19.9. The molecule has 1 saturated heterocycles. The van der Waals surface area contributed by atoms with Gasteiger partial charge in [-0.3, -0.25) is 9.79 Å². The number of allylic oxidation sites excluding steroid dienone is 6. The molecule has 1 aliphatic rings. The maximum Gasteiger partial charge on any atom is 0.194 e. The summed E-state index contributed by atoms with van der Waals surface area (Å²) in [5.41, 5.74) is 3.00. The molecule has 0 spiro atoms. The number of halogens is 2. The number of hydrogen-bond acceptors (Lipinski definition) is 5. The number of Topliss-reactive ketones (excluding diaryl/α,β-unsaturated/α-hetero) is 1. The van der Waals surface area contributed by atoms with Gasteiger partial charge >= 0.3 is 0 Å². The van der Waals surface area contributed by atoms with Gasteiger partial charge in [-0.05, 0) is 69.9 Å². The summed E-state index contributed by atoms with van der Waals surface area (Å²) in [6, 6.07) is 2.74. The third kappa shape index (κ3) is 7.13. The van der Waals surface area contributed by atoms with Gasteiger partial charge in [0.05, 0.1) is 6.10 Å². The topological polar surface area (TPSA) is 79.1 Å². The van der Waals surface area contributed by atoms with Crippen LogP contribution in [-0.4, -0.2) is 46.1 Å². The average molecular weight is 474 g/mol. The van der Waals surface area contributed by atoms with Crippen molar-refractivity contribution >= 4 is 11.5 Å². The lowest BCUT2D eigenvalue weighted by molar-refractivity contribution is 0.00754. The Hall–Kier alpha value is -2.74. The fourth-order valence-electron chi connectivity index (χ4n) is 3.91. The molecule has 0 saturated carbocycles. The number of benzene rings is 1. The molecule has 0 radical (unpaired) electrons. The Morgan fingerprint density at radius 1 is 1.18 bits per heavy atom. The molecule has 0 aromatic heterocycles. The Balaban J connectivity index is 1.96. The predicted octanol–water partition coefficient (Wildman–Crippen LogP) is 5.25. The molecule has 1 fully saturated rings. The Kier molecular flexibility index (Phi) is 10.7. The zero-order chi connectivity index (χ0) is 25.3. The standard InChI is InChI=1S/C27H33F2NO4/c1-5-7-15-30-18(4)20(10-6-2)17(3)11-8-9-12-23-25(32)26(33)27(34-23)24(31)19-13-14-21(28)22(29)16-19/h5-7,10,13-16,23,25-27,32-33H,1,8-9,11-12H2,2-4H3/b10-6-,15-7-,20-17+,30-18-/t23-,25-,26-,27+/m0/s1. The summed E-state index contributed by atoms with van der Waals surface area (Å²) in [4.78, 5) is 17.0. The molecule has 184 valence electrons. The molecule has 0 bridgehead atoms. The lowest BCUT2D eigenvalue weighted by atomic mass is 9.96. The minimum atomic E-state index is -1.43. The first-order chi connectivity index (χ1) is 16.2. The predicted molar refractivity (Wildman–Crippen MR) is 130 cm³/mol. The van der Waals surface area contributed by atoms with E-state index in [1.807, 2.05) is 32.9 Å². The van der Waals surface area contributed by atoms with E-state index in [0.717, 1.165) is 42.3 Å². The summed E-state index contributed by atoms with van der Waals surface area (Å²) in [6.45, 7) is 9.57. The number of carbonyl (C=O) groups excluding carboxylic acids is 1. The number of carbonyl (C=O) groups is 1. The lowest BCUT2D eigenvalue weighted by Gasteiger charge is -2.14. The highest BCUT2D eigenvalue weighted by molar-refractivity contribution is 6.01. The molecule has 2 N–H and O–H groups in total. The van der Waals surface area contributed by atoms with E-state index in [-0.39, 0.29) is 5.56 Å². The van der Waals surface area contributed by atoms with Crippen LogP contribution in [0.15, 0.2) is 71.4 Å². The smallest absolute Gasteiger partial charge is 0.194 e. The van der Waals surface area contributed by atoms with Crippen LogP contribution in [0.2, 0.25) is 0 Å². The second-order valence-electron chi connectivity index (χ2n) is 8.30. The molecule has 0 aliphatic carbocycles. The van der Waals surface area contributed by atoms with Crippen molar-refractivity contribution in [1.29, 1.82) is 0 Å². The van der Waals surface area contributed by atoms with Crippen molar-refractivity contribution in [3.8, 4) is 0 Å². The van der Waals surface area contributed by atoms with Crippen LogP contribution in [0.3, 0.4) is 0 Å². The van der Waals surface area contributed by atoms with Crippen molar-refractivity contribution in [3.63, 3.8) is 0 Å². The van der Waals surface area contributed by atoms with Crippen molar-refractivity contribution in [2.75, 3.05) is 0 Å². The second-order valence-corrected chi connectivity index (χ2v) is 8.30. The molecule has 0 unspecified atom stereocenters. The summed E-state index contributed by atoms with van der Waals surface area (Å²) < 4.78 is 32.3. The van der Waals surface area contributed by atoms with Crippen LogP contribution in [0.4, 0.5) is 8.78 Å². The molecule has 4 atom stereocenters. The Morgan fingerprint density at radius 3 is 2.56 bits per heavy atom. The van der Waals surface area contributed by atoms with Crippen molar-refractivity contribution in [3.05, 3.63) is 83.6 Å². The van der Waals surface area contributed by atoms with E-state index >= 15 is 0 Å². The molecule has 1 heterocycles. The average Bonchev–Trinajstić information content (AvgIpc) is 3.10. The Bertz CT molecular complexity index is 996. The number of ether oxygens (including phenoxy) is 1. The fraction of sp³-hybridized carbons (Fsp3) is 0.407. The summed E-state index contributed by atoms with van der Waals surface area (Å²) in [5, 5.41) is 20.7. The second kappa shape index (κ2) is 13.2. The molecule has 1 aromatic rings. The first-order valence-corrected chi connectivity index (χ1v) is 11.4. The van der Waals surface area contributed by atoms with Crippen molar-refractivity contribution in [1.82, 2.24) is 0 Å². The highest BCUT2D eigenvalue weighted by atomic mass is 19.2. The van der Waals surface area contributed by atoms with Crippen LogP contribution >= 0.6 is 0 Å². The fourth-order valence-corrected chi connectivity index (χ4v) is 3.91. The van der Waals surface area contributed by atoms with Crippen molar-refractivity contribution in [2.24, 2.45) is 4.99 Å². The largest absolute Gasteiger partial charge is 0.388 e. The molecular formula is C27H33F2NO4. The van der Waals surface area contributed by atoms with E-state index in [1.165, 1.54) is 5.57 Å². The maximum atomic E-state index is 13.5. The monoisotopic (exact) mass is 473 g/mol. The summed E-state index contributed by atoms with van der Waals surface area (Å²) >= 11 is 0. The maximum absolute atomic E-state index is 13.5. The van der Waals surface area contributed by atoms with Crippen LogP contribution in [-0.2, 0) is 4.74 Å². The number of unbranched alkanes of at least 4 members (excludes halogenated alkanes) is 1. The van der Waals surface area contributed by atoms with Crippen molar-refractivity contribution in [2.45, 2.75) is 70.9 Å².